The highest BCUT2D eigenvalue weighted by molar-refractivity contribution is 5.99. The molecule has 1 amide bonds. The van der Waals surface area contributed by atoms with Crippen LogP contribution < -0.4 is 5.32 Å². The van der Waals surface area contributed by atoms with E-state index in [4.69, 9.17) is 4.74 Å². The maximum absolute atomic E-state index is 13.0. The van der Waals surface area contributed by atoms with Crippen LogP contribution in [0.3, 0.4) is 0 Å². The van der Waals surface area contributed by atoms with Crippen LogP contribution in [0, 0.1) is 0 Å². The van der Waals surface area contributed by atoms with Gasteiger partial charge >= 0.3 is 5.97 Å². The molecule has 2 N–H and O–H groups in total. The van der Waals surface area contributed by atoms with Crippen LogP contribution in [0.25, 0.3) is 10.9 Å². The molecule has 0 aliphatic rings. The minimum Gasteiger partial charge on any atom is -0.456 e. The third-order valence-electron chi connectivity index (χ3n) is 5.75. The van der Waals surface area contributed by atoms with Gasteiger partial charge in [0, 0.05) is 34.6 Å². The molecule has 0 saturated heterocycles. The maximum atomic E-state index is 13.0. The fourth-order valence-corrected chi connectivity index (χ4v) is 3.79. The van der Waals surface area contributed by atoms with Crippen molar-refractivity contribution in [3.63, 3.8) is 0 Å². The monoisotopic (exact) mass is 454 g/mol. The highest BCUT2D eigenvalue weighted by Crippen LogP contribution is 2.20. The Balaban J connectivity index is 1.51. The summed E-state index contributed by atoms with van der Waals surface area (Å²) < 4.78 is 5.34. The van der Waals surface area contributed by atoms with Gasteiger partial charge in [0.05, 0.1) is 0 Å². The van der Waals surface area contributed by atoms with E-state index in [0.29, 0.717) is 11.1 Å². The zero-order valence-electron chi connectivity index (χ0n) is 18.9. The van der Waals surface area contributed by atoms with Crippen LogP contribution in [-0.4, -0.2) is 35.3 Å². The minimum atomic E-state index is -0.957. The molecule has 1 aromatic heterocycles. The van der Waals surface area contributed by atoms with Gasteiger partial charge in [-0.1, -0.05) is 67.6 Å². The van der Waals surface area contributed by atoms with Crippen molar-refractivity contribution in [2.75, 3.05) is 6.61 Å². The highest BCUT2D eigenvalue weighted by atomic mass is 16.5. The summed E-state index contributed by atoms with van der Waals surface area (Å²) in [5, 5.41) is 3.76. The number of amides is 1. The number of aromatic nitrogens is 1. The Bertz CT molecular complexity index is 1290. The maximum Gasteiger partial charge on any atom is 0.329 e. The molecule has 0 fully saturated rings. The van der Waals surface area contributed by atoms with E-state index < -0.39 is 18.6 Å². The first-order valence-electron chi connectivity index (χ1n) is 11.2. The van der Waals surface area contributed by atoms with E-state index in [9.17, 15) is 14.4 Å². The van der Waals surface area contributed by atoms with Crippen LogP contribution in [0.1, 0.15) is 38.8 Å². The molecule has 0 aliphatic carbocycles. The van der Waals surface area contributed by atoms with Gasteiger partial charge < -0.3 is 15.0 Å². The van der Waals surface area contributed by atoms with E-state index in [2.05, 4.69) is 10.3 Å². The van der Waals surface area contributed by atoms with E-state index in [1.165, 1.54) is 0 Å². The molecule has 3 aromatic carbocycles. The third kappa shape index (κ3) is 5.41. The molecule has 172 valence electrons. The van der Waals surface area contributed by atoms with Crippen LogP contribution >= 0.6 is 0 Å². The molecule has 0 saturated carbocycles. The van der Waals surface area contributed by atoms with Crippen molar-refractivity contribution in [1.29, 1.82) is 0 Å². The highest BCUT2D eigenvalue weighted by Gasteiger charge is 2.25. The molecular weight excluding hydrogens is 428 g/mol. The van der Waals surface area contributed by atoms with Gasteiger partial charge in [0.15, 0.2) is 12.4 Å². The van der Waals surface area contributed by atoms with Gasteiger partial charge in [0.1, 0.15) is 6.04 Å². The van der Waals surface area contributed by atoms with Crippen LogP contribution in [0.15, 0.2) is 85.1 Å². The quantitative estimate of drug-likeness (QED) is 0.288. The lowest BCUT2D eigenvalue weighted by atomic mass is 10.0. The number of para-hydroxylation sites is 1. The van der Waals surface area contributed by atoms with Crippen molar-refractivity contribution in [2.45, 2.75) is 25.8 Å². The second-order valence-corrected chi connectivity index (χ2v) is 8.04. The first-order chi connectivity index (χ1) is 16.5. The Morgan fingerprint density at radius 3 is 2.32 bits per heavy atom. The van der Waals surface area contributed by atoms with E-state index in [1.807, 2.05) is 55.6 Å². The molecule has 0 bridgehead atoms. The van der Waals surface area contributed by atoms with Gasteiger partial charge in [0.25, 0.3) is 5.91 Å². The number of aryl methyl sites for hydroxylation is 1. The van der Waals surface area contributed by atoms with Gasteiger partial charge in [-0.25, -0.2) is 4.79 Å². The third-order valence-corrected chi connectivity index (χ3v) is 5.75. The fourth-order valence-electron chi connectivity index (χ4n) is 3.79. The molecule has 6 nitrogen and oxygen atoms in total. The van der Waals surface area contributed by atoms with Gasteiger partial charge in [0.2, 0.25) is 0 Å². The summed E-state index contributed by atoms with van der Waals surface area (Å²) in [5.74, 6) is -1.34. The summed E-state index contributed by atoms with van der Waals surface area (Å²) in [6, 6.07) is 22.7. The summed E-state index contributed by atoms with van der Waals surface area (Å²) >= 11 is 0. The number of Topliss-reactive ketones (excluding diaryl/α,β-unsaturated/α-hetero) is 1. The zero-order valence-corrected chi connectivity index (χ0v) is 18.9. The molecule has 1 atom stereocenters. The summed E-state index contributed by atoms with van der Waals surface area (Å²) in [4.78, 5) is 41.5. The van der Waals surface area contributed by atoms with Crippen LogP contribution in [0.2, 0.25) is 0 Å². The van der Waals surface area contributed by atoms with E-state index in [1.54, 1.807) is 36.4 Å². The number of carbonyl (C=O) groups is 3. The SMILES string of the molecule is CCc1ccc(C(=O)N[C@@H](Cc2c[nH]c3ccccc23)C(=O)OCC(=O)c2ccccc2)cc1. The average molecular weight is 455 g/mol. The summed E-state index contributed by atoms with van der Waals surface area (Å²) in [6.07, 6.45) is 2.91. The van der Waals surface area contributed by atoms with E-state index >= 15 is 0 Å². The summed E-state index contributed by atoms with van der Waals surface area (Å²) in [5.41, 5.74) is 3.84. The van der Waals surface area contributed by atoms with Gasteiger partial charge in [-0.3, -0.25) is 9.59 Å². The summed E-state index contributed by atoms with van der Waals surface area (Å²) in [6.45, 7) is 1.65. The molecule has 0 spiro atoms. The Labute approximate surface area is 198 Å². The number of rotatable bonds is 9. The number of carbonyl (C=O) groups excluding carboxylic acids is 3. The smallest absolute Gasteiger partial charge is 0.329 e. The lowest BCUT2D eigenvalue weighted by Gasteiger charge is -2.18. The number of ether oxygens (including phenoxy) is 1. The number of esters is 1. The average Bonchev–Trinajstić information content (AvgIpc) is 3.30. The van der Waals surface area contributed by atoms with Gasteiger partial charge in [-0.15, -0.1) is 0 Å². The molecule has 1 heterocycles. The predicted molar refractivity (Wildman–Crippen MR) is 131 cm³/mol. The number of benzene rings is 3. The molecule has 34 heavy (non-hydrogen) atoms. The molecular formula is C28H26N2O4. The number of fused-ring (bicyclic) bond motifs is 1. The van der Waals surface area contributed by atoms with Crippen molar-refractivity contribution >= 4 is 28.6 Å². The van der Waals surface area contributed by atoms with Crippen LogP contribution in [-0.2, 0) is 22.4 Å². The van der Waals surface area contributed by atoms with E-state index in [-0.39, 0.29) is 18.1 Å². The van der Waals surface area contributed by atoms with Gasteiger partial charge in [-0.2, -0.15) is 0 Å². The summed E-state index contributed by atoms with van der Waals surface area (Å²) in [7, 11) is 0. The Kier molecular flexibility index (Phi) is 7.18. The Morgan fingerprint density at radius 2 is 1.59 bits per heavy atom. The number of hydrogen-bond donors (Lipinski definition) is 2. The second kappa shape index (κ2) is 10.6. The van der Waals surface area contributed by atoms with Crippen LogP contribution in [0.4, 0.5) is 0 Å². The number of H-pyrrole nitrogens is 1. The molecule has 4 rings (SSSR count). The lowest BCUT2D eigenvalue weighted by Crippen LogP contribution is -2.43. The lowest BCUT2D eigenvalue weighted by molar-refractivity contribution is -0.144. The predicted octanol–water partition coefficient (Wildman–Crippen LogP) is 4.50. The number of nitrogens with one attached hydrogen (secondary N) is 2. The Hall–Kier alpha value is -4.19. The first kappa shape index (κ1) is 23.0. The zero-order chi connectivity index (χ0) is 23.9. The molecule has 6 heteroatoms. The van der Waals surface area contributed by atoms with Crippen molar-refractivity contribution in [2.24, 2.45) is 0 Å². The standard InChI is InChI=1S/C28H26N2O4/c1-2-19-12-14-21(15-13-19)27(32)30-25(16-22-17-29-24-11-7-6-10-23(22)24)28(33)34-18-26(31)20-8-4-3-5-9-20/h3-15,17,25,29H,2,16,18H2,1H3,(H,30,32)/t25-/m0/s1. The van der Waals surface area contributed by atoms with E-state index in [0.717, 1.165) is 28.5 Å². The number of aromatic amines is 1. The molecule has 0 aliphatic heterocycles. The number of hydrogen-bond acceptors (Lipinski definition) is 4. The fraction of sp³-hybridized carbons (Fsp3) is 0.179. The van der Waals surface area contributed by atoms with Crippen molar-refractivity contribution < 1.29 is 19.1 Å². The normalized spacial score (nSPS) is 11.7. The van der Waals surface area contributed by atoms with Crippen molar-refractivity contribution in [1.82, 2.24) is 10.3 Å². The molecule has 0 unspecified atom stereocenters. The topological polar surface area (TPSA) is 88.3 Å². The van der Waals surface area contributed by atoms with Crippen LogP contribution in [0.5, 0.6) is 0 Å². The Morgan fingerprint density at radius 1 is 0.882 bits per heavy atom. The van der Waals surface area contributed by atoms with Gasteiger partial charge in [-0.05, 0) is 35.7 Å². The van der Waals surface area contributed by atoms with Crippen molar-refractivity contribution in [3.8, 4) is 0 Å². The minimum absolute atomic E-state index is 0.223. The number of ketones is 1. The molecule has 4 aromatic rings. The largest absolute Gasteiger partial charge is 0.456 e. The molecule has 0 radical (unpaired) electrons. The van der Waals surface area contributed by atoms with Crippen molar-refractivity contribution in [3.05, 3.63) is 107 Å². The second-order valence-electron chi connectivity index (χ2n) is 8.04. The first-order valence-corrected chi connectivity index (χ1v) is 11.2.